The Balaban J connectivity index is 1.92. The van der Waals surface area contributed by atoms with Gasteiger partial charge in [-0.3, -0.25) is 4.79 Å². The van der Waals surface area contributed by atoms with Crippen molar-refractivity contribution in [3.8, 4) is 17.0 Å². The first kappa shape index (κ1) is 11.4. The van der Waals surface area contributed by atoms with Crippen molar-refractivity contribution in [3.05, 3.63) is 54.3 Å². The van der Waals surface area contributed by atoms with Crippen LogP contribution < -0.4 is 0 Å². The molecule has 19 heavy (non-hydrogen) atoms. The summed E-state index contributed by atoms with van der Waals surface area (Å²) in [5.41, 5.74) is 1.83. The Labute approximate surface area is 109 Å². The first-order valence-electron chi connectivity index (χ1n) is 5.80. The Morgan fingerprint density at radius 2 is 1.95 bits per heavy atom. The molecule has 0 aliphatic carbocycles. The van der Waals surface area contributed by atoms with Gasteiger partial charge in [-0.1, -0.05) is 0 Å². The van der Waals surface area contributed by atoms with E-state index in [2.05, 4.69) is 10.1 Å². The van der Waals surface area contributed by atoms with Gasteiger partial charge in [-0.15, -0.1) is 0 Å². The van der Waals surface area contributed by atoms with Gasteiger partial charge in [0.25, 0.3) is 0 Å². The van der Waals surface area contributed by atoms with Crippen molar-refractivity contribution < 1.29 is 9.21 Å². The molecule has 0 amide bonds. The minimum atomic E-state index is 0.325. The molecule has 5 nitrogen and oxygen atoms in total. The van der Waals surface area contributed by atoms with Crippen molar-refractivity contribution in [3.63, 3.8) is 0 Å². The summed E-state index contributed by atoms with van der Waals surface area (Å²) in [6.45, 7) is 1.84. The van der Waals surface area contributed by atoms with Crippen LogP contribution in [-0.2, 0) is 0 Å². The Morgan fingerprint density at radius 1 is 1.16 bits per heavy atom. The Morgan fingerprint density at radius 3 is 2.53 bits per heavy atom. The number of hydrogen-bond acceptors (Lipinski definition) is 4. The summed E-state index contributed by atoms with van der Waals surface area (Å²) < 4.78 is 7.07. The highest BCUT2D eigenvalue weighted by Crippen LogP contribution is 2.22. The summed E-state index contributed by atoms with van der Waals surface area (Å²) in [6, 6.07) is 11.1. The van der Waals surface area contributed by atoms with Crippen LogP contribution in [0.1, 0.15) is 16.4 Å². The van der Waals surface area contributed by atoms with Gasteiger partial charge in [0, 0.05) is 5.56 Å². The van der Waals surface area contributed by atoms with Gasteiger partial charge in [0.05, 0.1) is 5.69 Å². The zero-order valence-electron chi connectivity index (χ0n) is 10.3. The van der Waals surface area contributed by atoms with Crippen molar-refractivity contribution in [2.45, 2.75) is 6.92 Å². The van der Waals surface area contributed by atoms with Crippen LogP contribution in [0, 0.1) is 6.92 Å². The van der Waals surface area contributed by atoms with Crippen molar-refractivity contribution >= 4 is 6.29 Å². The van der Waals surface area contributed by atoms with Gasteiger partial charge in [-0.25, -0.2) is 9.67 Å². The summed E-state index contributed by atoms with van der Waals surface area (Å²) in [7, 11) is 0. The number of furan rings is 1. The van der Waals surface area contributed by atoms with Crippen LogP contribution in [0.15, 0.2) is 47.1 Å². The molecule has 0 aliphatic heterocycles. The molecule has 0 saturated carbocycles. The summed E-state index contributed by atoms with van der Waals surface area (Å²) in [4.78, 5) is 14.7. The average molecular weight is 253 g/mol. The van der Waals surface area contributed by atoms with Crippen LogP contribution in [-0.4, -0.2) is 21.1 Å². The van der Waals surface area contributed by atoms with Gasteiger partial charge in [0.2, 0.25) is 0 Å². The van der Waals surface area contributed by atoms with Gasteiger partial charge >= 0.3 is 0 Å². The van der Waals surface area contributed by atoms with E-state index >= 15 is 0 Å². The SMILES string of the molecule is Cc1ncn(-c2ccc(-c3ccc(C=O)o3)cc2)n1. The minimum Gasteiger partial charge on any atom is -0.453 e. The average Bonchev–Trinajstić information content (AvgIpc) is 3.07. The largest absolute Gasteiger partial charge is 0.453 e. The van der Waals surface area contributed by atoms with Crippen LogP contribution in [0.4, 0.5) is 0 Å². The lowest BCUT2D eigenvalue weighted by molar-refractivity contribution is 0.110. The molecule has 94 valence electrons. The van der Waals surface area contributed by atoms with Crippen molar-refractivity contribution in [1.29, 1.82) is 0 Å². The monoisotopic (exact) mass is 253 g/mol. The second-order valence-corrected chi connectivity index (χ2v) is 4.10. The number of hydrogen-bond donors (Lipinski definition) is 0. The smallest absolute Gasteiger partial charge is 0.185 e. The molecule has 0 radical (unpaired) electrons. The Kier molecular flexibility index (Phi) is 2.72. The van der Waals surface area contributed by atoms with E-state index in [0.29, 0.717) is 17.8 Å². The van der Waals surface area contributed by atoms with Crippen LogP contribution in [0.25, 0.3) is 17.0 Å². The third-order valence-corrected chi connectivity index (χ3v) is 2.77. The van der Waals surface area contributed by atoms with Gasteiger partial charge in [0.1, 0.15) is 17.9 Å². The summed E-state index contributed by atoms with van der Waals surface area (Å²) >= 11 is 0. The van der Waals surface area contributed by atoms with Gasteiger partial charge in [0.15, 0.2) is 12.0 Å². The zero-order valence-corrected chi connectivity index (χ0v) is 10.3. The van der Waals surface area contributed by atoms with E-state index in [1.54, 1.807) is 23.1 Å². The molecule has 0 spiro atoms. The molecule has 2 heterocycles. The van der Waals surface area contributed by atoms with E-state index in [1.807, 2.05) is 31.2 Å². The molecule has 3 aromatic rings. The summed E-state index contributed by atoms with van der Waals surface area (Å²) in [5, 5.41) is 4.24. The quantitative estimate of drug-likeness (QED) is 0.673. The molecular weight excluding hydrogens is 242 g/mol. The molecular formula is C14H11N3O2. The van der Waals surface area contributed by atoms with E-state index in [4.69, 9.17) is 4.42 Å². The lowest BCUT2D eigenvalue weighted by Gasteiger charge is -2.01. The molecule has 0 fully saturated rings. The van der Waals surface area contributed by atoms with Crippen molar-refractivity contribution in [1.82, 2.24) is 14.8 Å². The molecule has 0 bridgehead atoms. The van der Waals surface area contributed by atoms with Gasteiger partial charge < -0.3 is 4.42 Å². The maximum Gasteiger partial charge on any atom is 0.185 e. The molecule has 0 unspecified atom stereocenters. The fourth-order valence-electron chi connectivity index (χ4n) is 1.82. The highest BCUT2D eigenvalue weighted by atomic mass is 16.3. The number of rotatable bonds is 3. The van der Waals surface area contributed by atoms with Crippen molar-refractivity contribution in [2.75, 3.05) is 0 Å². The number of nitrogens with zero attached hydrogens (tertiary/aromatic N) is 3. The molecule has 1 aromatic carbocycles. The molecule has 0 aliphatic rings. The van der Waals surface area contributed by atoms with E-state index in [9.17, 15) is 4.79 Å². The summed E-state index contributed by atoms with van der Waals surface area (Å²) in [5.74, 6) is 1.72. The highest BCUT2D eigenvalue weighted by Gasteiger charge is 2.05. The van der Waals surface area contributed by atoms with E-state index in [0.717, 1.165) is 17.1 Å². The first-order chi connectivity index (χ1) is 9.26. The molecule has 3 rings (SSSR count). The highest BCUT2D eigenvalue weighted by molar-refractivity contribution is 5.72. The number of carbonyl (C=O) groups excluding carboxylic acids is 1. The third-order valence-electron chi connectivity index (χ3n) is 2.77. The molecule has 2 aromatic heterocycles. The summed E-state index contributed by atoms with van der Waals surface area (Å²) in [6.07, 6.45) is 2.36. The topological polar surface area (TPSA) is 60.9 Å². The number of aromatic nitrogens is 3. The molecule has 0 N–H and O–H groups in total. The Bertz CT molecular complexity index is 710. The Hall–Kier alpha value is -2.69. The molecule has 0 atom stereocenters. The second kappa shape index (κ2) is 4.53. The maximum absolute atomic E-state index is 10.6. The normalized spacial score (nSPS) is 10.6. The number of aryl methyl sites for hydroxylation is 1. The maximum atomic E-state index is 10.6. The van der Waals surface area contributed by atoms with E-state index in [1.165, 1.54) is 0 Å². The lowest BCUT2D eigenvalue weighted by Crippen LogP contribution is -1.94. The van der Waals surface area contributed by atoms with Crippen LogP contribution in [0.3, 0.4) is 0 Å². The molecule has 0 saturated heterocycles. The second-order valence-electron chi connectivity index (χ2n) is 4.10. The fraction of sp³-hybridized carbons (Fsp3) is 0.0714. The first-order valence-corrected chi connectivity index (χ1v) is 5.80. The minimum absolute atomic E-state index is 0.325. The predicted octanol–water partition coefficient (Wildman–Crippen LogP) is 2.65. The van der Waals surface area contributed by atoms with Gasteiger partial charge in [-0.2, -0.15) is 5.10 Å². The van der Waals surface area contributed by atoms with Crippen LogP contribution in [0.2, 0.25) is 0 Å². The van der Waals surface area contributed by atoms with E-state index < -0.39 is 0 Å². The number of aldehydes is 1. The number of carbonyl (C=O) groups is 1. The predicted molar refractivity (Wildman–Crippen MR) is 69.2 cm³/mol. The van der Waals surface area contributed by atoms with Crippen LogP contribution in [0.5, 0.6) is 0 Å². The van der Waals surface area contributed by atoms with E-state index in [-0.39, 0.29) is 0 Å². The lowest BCUT2D eigenvalue weighted by atomic mass is 10.1. The molecule has 5 heteroatoms. The van der Waals surface area contributed by atoms with Gasteiger partial charge in [-0.05, 0) is 43.3 Å². The van der Waals surface area contributed by atoms with Crippen LogP contribution >= 0.6 is 0 Å². The van der Waals surface area contributed by atoms with Crippen molar-refractivity contribution in [2.24, 2.45) is 0 Å². The number of benzene rings is 1. The zero-order chi connectivity index (χ0) is 13.2. The third kappa shape index (κ3) is 2.18. The standard InChI is InChI=1S/C14H11N3O2/c1-10-15-9-17(16-10)12-4-2-11(3-5-12)14-7-6-13(8-18)19-14/h2-9H,1H3. The fourth-order valence-corrected chi connectivity index (χ4v) is 1.82.